The van der Waals surface area contributed by atoms with E-state index in [0.717, 1.165) is 5.75 Å². The Morgan fingerprint density at radius 2 is 2.00 bits per heavy atom. The number of halogens is 1. The fourth-order valence-electron chi connectivity index (χ4n) is 1.22. The molecule has 0 fully saturated rings. The van der Waals surface area contributed by atoms with E-state index in [1.165, 1.54) is 17.5 Å². The minimum atomic E-state index is -0.921. The highest BCUT2D eigenvalue weighted by Gasteiger charge is 2.13. The Kier molecular flexibility index (Phi) is 4.11. The monoisotopic (exact) mass is 284 g/mol. The van der Waals surface area contributed by atoms with Crippen LogP contribution >= 0.6 is 22.9 Å². The Morgan fingerprint density at radius 1 is 1.33 bits per heavy atom. The van der Waals surface area contributed by atoms with Gasteiger partial charge in [-0.05, 0) is 29.4 Å². The number of rotatable bonds is 5. The summed E-state index contributed by atoms with van der Waals surface area (Å²) in [5.41, 5.74) is -0.921. The lowest BCUT2D eigenvalue weighted by atomic mass is 10.3. The first kappa shape index (κ1) is 12.8. The highest BCUT2D eigenvalue weighted by molar-refractivity contribution is 7.13. The van der Waals surface area contributed by atoms with E-state index in [1.807, 2.05) is 0 Å². The molecule has 0 saturated carbocycles. The van der Waals surface area contributed by atoms with Crippen molar-refractivity contribution in [1.82, 2.24) is 4.98 Å². The van der Waals surface area contributed by atoms with Gasteiger partial charge in [0.15, 0.2) is 0 Å². The molecule has 0 aliphatic carbocycles. The lowest BCUT2D eigenvalue weighted by Gasteiger charge is -2.02. The summed E-state index contributed by atoms with van der Waals surface area (Å²) in [6.45, 7) is 0. The number of thiazole rings is 1. The van der Waals surface area contributed by atoms with Crippen LogP contribution in [0.5, 0.6) is 16.7 Å². The number of ether oxygens (including phenoxy) is 2. The van der Waals surface area contributed by atoms with Gasteiger partial charge in [-0.15, -0.1) is 4.91 Å². The van der Waals surface area contributed by atoms with Crippen LogP contribution in [0.3, 0.4) is 0 Å². The SMILES string of the molecule is COc1ccc(Oc2ncc(C(Cl)N=O)s2)cc1. The zero-order valence-electron chi connectivity index (χ0n) is 9.37. The third-order valence-electron chi connectivity index (χ3n) is 2.09. The molecule has 0 saturated heterocycles. The minimum Gasteiger partial charge on any atom is -0.497 e. The molecule has 1 aromatic carbocycles. The molecule has 0 bridgehead atoms. The summed E-state index contributed by atoms with van der Waals surface area (Å²) in [5.74, 6) is 1.37. The van der Waals surface area contributed by atoms with Crippen molar-refractivity contribution in [3.8, 4) is 16.7 Å². The number of methoxy groups -OCH3 is 1. The minimum absolute atomic E-state index is 0.407. The Balaban J connectivity index is 2.08. The van der Waals surface area contributed by atoms with E-state index in [1.54, 1.807) is 31.4 Å². The quantitative estimate of drug-likeness (QED) is 0.474. The van der Waals surface area contributed by atoms with Crippen molar-refractivity contribution in [1.29, 1.82) is 0 Å². The van der Waals surface area contributed by atoms with Gasteiger partial charge in [-0.2, -0.15) is 0 Å². The van der Waals surface area contributed by atoms with E-state index in [9.17, 15) is 4.91 Å². The van der Waals surface area contributed by atoms with Crippen LogP contribution in [0.1, 0.15) is 10.4 Å². The maximum Gasteiger partial charge on any atom is 0.279 e. The summed E-state index contributed by atoms with van der Waals surface area (Å²) >= 11 is 6.85. The largest absolute Gasteiger partial charge is 0.497 e. The Bertz CT molecular complexity index is 529. The van der Waals surface area contributed by atoms with Crippen molar-refractivity contribution in [2.45, 2.75) is 5.50 Å². The summed E-state index contributed by atoms with van der Waals surface area (Å²) in [6.07, 6.45) is 1.47. The molecule has 1 atom stereocenters. The van der Waals surface area contributed by atoms with Crippen LogP contribution in [0.15, 0.2) is 35.6 Å². The summed E-state index contributed by atoms with van der Waals surface area (Å²) in [7, 11) is 1.59. The van der Waals surface area contributed by atoms with Crippen LogP contribution in [-0.2, 0) is 0 Å². The van der Waals surface area contributed by atoms with Gasteiger partial charge < -0.3 is 9.47 Å². The number of hydrogen-bond acceptors (Lipinski definition) is 6. The molecule has 0 amide bonds. The zero-order chi connectivity index (χ0) is 13.0. The molecule has 2 rings (SSSR count). The van der Waals surface area contributed by atoms with Gasteiger partial charge in [0.05, 0.1) is 12.0 Å². The summed E-state index contributed by atoms with van der Waals surface area (Å²) < 4.78 is 10.5. The van der Waals surface area contributed by atoms with Crippen LogP contribution in [0, 0.1) is 4.91 Å². The fourth-order valence-corrected chi connectivity index (χ4v) is 2.10. The summed E-state index contributed by atoms with van der Waals surface area (Å²) in [5, 5.41) is 3.12. The Morgan fingerprint density at radius 3 is 2.61 bits per heavy atom. The average molecular weight is 285 g/mol. The second kappa shape index (κ2) is 5.79. The molecule has 1 aromatic heterocycles. The molecule has 5 nitrogen and oxygen atoms in total. The predicted octanol–water partition coefficient (Wildman–Crippen LogP) is 3.95. The molecule has 0 N–H and O–H groups in total. The van der Waals surface area contributed by atoms with Gasteiger partial charge in [-0.3, -0.25) is 0 Å². The van der Waals surface area contributed by atoms with Crippen molar-refractivity contribution in [2.75, 3.05) is 7.11 Å². The van der Waals surface area contributed by atoms with Crippen LogP contribution in [0.2, 0.25) is 0 Å². The average Bonchev–Trinajstić information content (AvgIpc) is 2.87. The summed E-state index contributed by atoms with van der Waals surface area (Å²) in [6, 6.07) is 7.08. The molecule has 94 valence electrons. The van der Waals surface area contributed by atoms with Gasteiger partial charge in [0, 0.05) is 6.20 Å². The second-order valence-corrected chi connectivity index (χ2v) is 4.69. The fraction of sp³-hybridized carbons (Fsp3) is 0.182. The van der Waals surface area contributed by atoms with Gasteiger partial charge in [-0.25, -0.2) is 4.98 Å². The number of hydrogen-bond donors (Lipinski definition) is 0. The first-order chi connectivity index (χ1) is 8.72. The lowest BCUT2D eigenvalue weighted by molar-refractivity contribution is 0.412. The number of benzene rings is 1. The highest BCUT2D eigenvalue weighted by Crippen LogP contribution is 2.33. The molecule has 1 unspecified atom stereocenters. The van der Waals surface area contributed by atoms with Crippen LogP contribution < -0.4 is 9.47 Å². The molecule has 0 aliphatic heterocycles. The Hall–Kier alpha value is -1.66. The van der Waals surface area contributed by atoms with E-state index in [0.29, 0.717) is 15.8 Å². The van der Waals surface area contributed by atoms with Gasteiger partial charge in [-0.1, -0.05) is 22.9 Å². The van der Waals surface area contributed by atoms with Crippen LogP contribution in [-0.4, -0.2) is 12.1 Å². The molecule has 0 radical (unpaired) electrons. The van der Waals surface area contributed by atoms with E-state index in [2.05, 4.69) is 10.2 Å². The number of aromatic nitrogens is 1. The smallest absolute Gasteiger partial charge is 0.279 e. The first-order valence-electron chi connectivity index (χ1n) is 4.97. The molecular formula is C11H9ClN2O3S. The molecule has 2 aromatic rings. The zero-order valence-corrected chi connectivity index (χ0v) is 10.9. The van der Waals surface area contributed by atoms with E-state index in [-0.39, 0.29) is 0 Å². The van der Waals surface area contributed by atoms with Crippen LogP contribution in [0.4, 0.5) is 0 Å². The standard InChI is InChI=1S/C11H9ClN2O3S/c1-16-7-2-4-8(5-3-7)17-11-13-6-9(18-11)10(12)14-15/h2-6,10H,1H3. The summed E-state index contributed by atoms with van der Waals surface area (Å²) in [4.78, 5) is 14.8. The molecule has 0 spiro atoms. The number of nitroso groups, excluding NO2 is 1. The van der Waals surface area contributed by atoms with Gasteiger partial charge in [0.1, 0.15) is 11.5 Å². The van der Waals surface area contributed by atoms with Crippen LogP contribution in [0.25, 0.3) is 0 Å². The first-order valence-corrected chi connectivity index (χ1v) is 6.22. The molecule has 18 heavy (non-hydrogen) atoms. The van der Waals surface area contributed by atoms with Crippen molar-refractivity contribution in [3.05, 3.63) is 40.2 Å². The lowest BCUT2D eigenvalue weighted by Crippen LogP contribution is -1.84. The number of alkyl halides is 1. The van der Waals surface area contributed by atoms with Crippen molar-refractivity contribution >= 4 is 22.9 Å². The number of nitrogens with zero attached hydrogens (tertiary/aromatic N) is 2. The molecular weight excluding hydrogens is 276 g/mol. The predicted molar refractivity (Wildman–Crippen MR) is 69.6 cm³/mol. The van der Waals surface area contributed by atoms with Crippen molar-refractivity contribution < 1.29 is 9.47 Å². The normalized spacial score (nSPS) is 11.9. The van der Waals surface area contributed by atoms with E-state index < -0.39 is 5.50 Å². The molecule has 7 heteroatoms. The van der Waals surface area contributed by atoms with E-state index >= 15 is 0 Å². The second-order valence-electron chi connectivity index (χ2n) is 3.25. The molecule has 1 heterocycles. The molecule has 0 aliphatic rings. The maximum atomic E-state index is 10.3. The van der Waals surface area contributed by atoms with Gasteiger partial charge >= 0.3 is 0 Å². The third kappa shape index (κ3) is 2.96. The van der Waals surface area contributed by atoms with Crippen molar-refractivity contribution in [3.63, 3.8) is 0 Å². The van der Waals surface area contributed by atoms with Gasteiger partial charge in [0.25, 0.3) is 5.19 Å². The maximum absolute atomic E-state index is 10.3. The highest BCUT2D eigenvalue weighted by atomic mass is 35.5. The van der Waals surface area contributed by atoms with E-state index in [4.69, 9.17) is 21.1 Å². The van der Waals surface area contributed by atoms with Crippen molar-refractivity contribution in [2.24, 2.45) is 5.18 Å². The topological polar surface area (TPSA) is 60.8 Å². The van der Waals surface area contributed by atoms with Gasteiger partial charge in [0.2, 0.25) is 5.50 Å². The third-order valence-corrected chi connectivity index (χ3v) is 3.47. The Labute approximate surface area is 112 Å².